The molecule has 96 valence electrons. The summed E-state index contributed by atoms with van der Waals surface area (Å²) in [5.74, 6) is -0.219. The van der Waals surface area contributed by atoms with Crippen molar-refractivity contribution in [1.82, 2.24) is 10.2 Å². The number of anilines is 2. The zero-order valence-corrected chi connectivity index (χ0v) is 11.2. The average Bonchev–Trinajstić information content (AvgIpc) is 2.85. The maximum Gasteiger partial charge on any atom is 0.205 e. The second-order valence-corrected chi connectivity index (χ2v) is 4.80. The molecule has 0 fully saturated rings. The molecule has 0 unspecified atom stereocenters. The number of hydrogen-bond donors (Lipinski definition) is 1. The lowest BCUT2D eigenvalue weighted by Gasteiger charge is -2.21. The van der Waals surface area contributed by atoms with Crippen LogP contribution in [0.4, 0.5) is 15.2 Å². The molecule has 0 atom stereocenters. The molecule has 0 spiro atoms. The van der Waals surface area contributed by atoms with Crippen molar-refractivity contribution in [2.24, 2.45) is 0 Å². The normalized spacial score (nSPS) is 10.4. The summed E-state index contributed by atoms with van der Waals surface area (Å²) in [6.07, 6.45) is 0. The van der Waals surface area contributed by atoms with Crippen molar-refractivity contribution in [2.75, 3.05) is 23.8 Å². The van der Waals surface area contributed by atoms with Crippen LogP contribution in [0.3, 0.4) is 0 Å². The number of hydrogen-bond acceptors (Lipinski definition) is 5. The standard InChI is InChI=1S/C12H15FN4S/c1-3-17(10-6-4-9(13)5-7-10)8-11-15-16-12(14-2)18-11/h4-7H,3,8H2,1-2H3,(H,14,16). The van der Waals surface area contributed by atoms with E-state index in [0.717, 1.165) is 22.4 Å². The summed E-state index contributed by atoms with van der Waals surface area (Å²) in [4.78, 5) is 2.12. The molecule has 0 aliphatic heterocycles. The molecule has 18 heavy (non-hydrogen) atoms. The van der Waals surface area contributed by atoms with Crippen LogP contribution in [0.1, 0.15) is 11.9 Å². The van der Waals surface area contributed by atoms with Crippen LogP contribution in [0.2, 0.25) is 0 Å². The summed E-state index contributed by atoms with van der Waals surface area (Å²) in [6.45, 7) is 3.57. The lowest BCUT2D eigenvalue weighted by molar-refractivity contribution is 0.627. The Morgan fingerprint density at radius 1 is 1.28 bits per heavy atom. The molecule has 0 saturated carbocycles. The Kier molecular flexibility index (Phi) is 4.09. The van der Waals surface area contributed by atoms with Gasteiger partial charge in [-0.2, -0.15) is 0 Å². The Hall–Kier alpha value is -1.69. The smallest absolute Gasteiger partial charge is 0.205 e. The molecule has 6 heteroatoms. The van der Waals surface area contributed by atoms with E-state index in [9.17, 15) is 4.39 Å². The zero-order chi connectivity index (χ0) is 13.0. The van der Waals surface area contributed by atoms with Crippen LogP contribution in [0, 0.1) is 5.82 Å². The van der Waals surface area contributed by atoms with Crippen LogP contribution in [-0.4, -0.2) is 23.8 Å². The highest BCUT2D eigenvalue weighted by molar-refractivity contribution is 7.15. The molecule has 1 N–H and O–H groups in total. The Bertz CT molecular complexity index is 497. The van der Waals surface area contributed by atoms with Crippen LogP contribution in [-0.2, 0) is 6.54 Å². The molecule has 0 aliphatic carbocycles. The molecule has 2 aromatic rings. The van der Waals surface area contributed by atoms with Gasteiger partial charge in [0.2, 0.25) is 5.13 Å². The van der Waals surface area contributed by atoms with Gasteiger partial charge < -0.3 is 10.2 Å². The predicted octanol–water partition coefficient (Wildman–Crippen LogP) is 2.75. The molecule has 1 aromatic heterocycles. The number of nitrogens with one attached hydrogen (secondary N) is 1. The highest BCUT2D eigenvalue weighted by Crippen LogP contribution is 2.20. The maximum absolute atomic E-state index is 12.9. The summed E-state index contributed by atoms with van der Waals surface area (Å²) in [7, 11) is 1.82. The summed E-state index contributed by atoms with van der Waals surface area (Å²) in [6, 6.07) is 6.49. The van der Waals surface area contributed by atoms with Gasteiger partial charge >= 0.3 is 0 Å². The first-order valence-corrected chi connectivity index (χ1v) is 6.55. The Labute approximate surface area is 109 Å². The van der Waals surface area contributed by atoms with Crippen LogP contribution in [0.25, 0.3) is 0 Å². The van der Waals surface area contributed by atoms with Crippen LogP contribution in [0.5, 0.6) is 0 Å². The van der Waals surface area contributed by atoms with Crippen LogP contribution in [0.15, 0.2) is 24.3 Å². The minimum Gasteiger partial charge on any atom is -0.365 e. The molecule has 0 aliphatic rings. The van der Waals surface area contributed by atoms with E-state index >= 15 is 0 Å². The van der Waals surface area contributed by atoms with Crippen molar-refractivity contribution in [1.29, 1.82) is 0 Å². The Morgan fingerprint density at radius 3 is 2.56 bits per heavy atom. The third-order valence-corrected chi connectivity index (χ3v) is 3.51. The SMILES string of the molecule is CCN(Cc1nnc(NC)s1)c1ccc(F)cc1. The van der Waals surface area contributed by atoms with Crippen LogP contribution < -0.4 is 10.2 Å². The fraction of sp³-hybridized carbons (Fsp3) is 0.333. The molecule has 0 amide bonds. The molecule has 4 nitrogen and oxygen atoms in total. The first-order valence-electron chi connectivity index (χ1n) is 5.73. The van der Waals surface area contributed by atoms with Crippen molar-refractivity contribution in [3.63, 3.8) is 0 Å². The predicted molar refractivity (Wildman–Crippen MR) is 72.6 cm³/mol. The van der Waals surface area contributed by atoms with Gasteiger partial charge in [-0.15, -0.1) is 10.2 Å². The molecule has 0 saturated heterocycles. The molecule has 1 heterocycles. The van der Waals surface area contributed by atoms with Crippen molar-refractivity contribution >= 4 is 22.2 Å². The van der Waals surface area contributed by atoms with Gasteiger partial charge in [0.1, 0.15) is 10.8 Å². The van der Waals surface area contributed by atoms with Gasteiger partial charge in [-0.3, -0.25) is 0 Å². The first kappa shape index (κ1) is 12.8. The number of nitrogens with zero attached hydrogens (tertiary/aromatic N) is 3. The van der Waals surface area contributed by atoms with Crippen molar-refractivity contribution in [2.45, 2.75) is 13.5 Å². The number of halogens is 1. The average molecular weight is 266 g/mol. The van der Waals surface area contributed by atoms with E-state index in [4.69, 9.17) is 0 Å². The minimum absolute atomic E-state index is 0.219. The van der Waals surface area contributed by atoms with E-state index in [-0.39, 0.29) is 5.82 Å². The summed E-state index contributed by atoms with van der Waals surface area (Å²) >= 11 is 1.53. The first-order chi connectivity index (χ1) is 8.72. The molecule has 2 rings (SSSR count). The quantitative estimate of drug-likeness (QED) is 0.903. The number of rotatable bonds is 5. The van der Waals surface area contributed by atoms with Gasteiger partial charge in [-0.1, -0.05) is 11.3 Å². The second kappa shape index (κ2) is 5.77. The monoisotopic (exact) mass is 266 g/mol. The third kappa shape index (κ3) is 2.95. The molecule has 1 aromatic carbocycles. The summed E-state index contributed by atoms with van der Waals surface area (Å²) < 4.78 is 12.9. The second-order valence-electron chi connectivity index (χ2n) is 3.74. The lowest BCUT2D eigenvalue weighted by atomic mass is 10.3. The Balaban J connectivity index is 2.11. The number of aromatic nitrogens is 2. The summed E-state index contributed by atoms with van der Waals surface area (Å²) in [5.41, 5.74) is 0.986. The van der Waals surface area contributed by atoms with E-state index in [1.807, 2.05) is 7.05 Å². The fourth-order valence-corrected chi connectivity index (χ4v) is 2.33. The minimum atomic E-state index is -0.219. The molecular formula is C12H15FN4S. The van der Waals surface area contributed by atoms with E-state index in [1.54, 1.807) is 12.1 Å². The van der Waals surface area contributed by atoms with Gasteiger partial charge in [-0.25, -0.2) is 4.39 Å². The van der Waals surface area contributed by atoms with Gasteiger partial charge in [0.05, 0.1) is 6.54 Å². The van der Waals surface area contributed by atoms with E-state index in [0.29, 0.717) is 6.54 Å². The van der Waals surface area contributed by atoms with E-state index in [2.05, 4.69) is 27.3 Å². The van der Waals surface area contributed by atoms with Gasteiger partial charge in [0.25, 0.3) is 0 Å². The zero-order valence-electron chi connectivity index (χ0n) is 10.4. The van der Waals surface area contributed by atoms with E-state index in [1.165, 1.54) is 23.5 Å². The van der Waals surface area contributed by atoms with Gasteiger partial charge in [0, 0.05) is 19.3 Å². The maximum atomic E-state index is 12.9. The number of benzene rings is 1. The topological polar surface area (TPSA) is 41.1 Å². The van der Waals surface area contributed by atoms with Gasteiger partial charge in [0.15, 0.2) is 0 Å². The van der Waals surface area contributed by atoms with Gasteiger partial charge in [-0.05, 0) is 31.2 Å². The third-order valence-electron chi connectivity index (χ3n) is 2.58. The summed E-state index contributed by atoms with van der Waals surface area (Å²) in [5, 5.41) is 12.8. The molecule has 0 radical (unpaired) electrons. The van der Waals surface area contributed by atoms with Crippen molar-refractivity contribution in [3.05, 3.63) is 35.1 Å². The van der Waals surface area contributed by atoms with Crippen molar-refractivity contribution in [3.8, 4) is 0 Å². The lowest BCUT2D eigenvalue weighted by Crippen LogP contribution is -2.21. The molecular weight excluding hydrogens is 251 g/mol. The highest BCUT2D eigenvalue weighted by Gasteiger charge is 2.09. The fourth-order valence-electron chi connectivity index (χ4n) is 1.62. The highest BCUT2D eigenvalue weighted by atomic mass is 32.1. The van der Waals surface area contributed by atoms with Crippen LogP contribution >= 0.6 is 11.3 Å². The van der Waals surface area contributed by atoms with Crippen molar-refractivity contribution < 1.29 is 4.39 Å². The van der Waals surface area contributed by atoms with E-state index < -0.39 is 0 Å². The molecule has 0 bridgehead atoms. The largest absolute Gasteiger partial charge is 0.365 e. The Morgan fingerprint density at radius 2 is 2.00 bits per heavy atom.